The molecular formula is C19H26BNO. The Hall–Kier alpha value is -2.03. The van der Waals surface area contributed by atoms with Crippen LogP contribution in [-0.4, -0.2) is 21.2 Å². The number of carbonyl (C=O) groups excluding carboxylic acids is 1. The van der Waals surface area contributed by atoms with Crippen LogP contribution in [0.1, 0.15) is 43.6 Å². The molecule has 22 heavy (non-hydrogen) atoms. The highest BCUT2D eigenvalue weighted by atomic mass is 16.1. The van der Waals surface area contributed by atoms with Crippen LogP contribution in [0.4, 0.5) is 0 Å². The Labute approximate surface area is 136 Å². The van der Waals surface area contributed by atoms with Gasteiger partial charge in [0.25, 0.3) is 0 Å². The summed E-state index contributed by atoms with van der Waals surface area (Å²) in [6.07, 6.45) is 6.25. The van der Waals surface area contributed by atoms with Gasteiger partial charge in [-0.05, 0) is 24.0 Å². The molecule has 1 aromatic carbocycles. The normalized spacial score (nSPS) is 12.0. The summed E-state index contributed by atoms with van der Waals surface area (Å²) in [6, 6.07) is 7.72. The molecule has 1 rings (SSSR count). The summed E-state index contributed by atoms with van der Waals surface area (Å²) < 4.78 is 0. The SMILES string of the molecule is CC(C)(C)c1ccc(C=O)cc1.[B]/C(C=C)=C/C(=C\C)NC. The van der Waals surface area contributed by atoms with Gasteiger partial charge in [-0.25, -0.2) is 0 Å². The van der Waals surface area contributed by atoms with Crippen molar-refractivity contribution in [3.05, 3.63) is 71.4 Å². The van der Waals surface area contributed by atoms with E-state index >= 15 is 0 Å². The maximum atomic E-state index is 10.4. The van der Waals surface area contributed by atoms with Crippen molar-refractivity contribution >= 4 is 14.1 Å². The Kier molecular flexibility index (Phi) is 8.92. The predicted molar refractivity (Wildman–Crippen MR) is 97.4 cm³/mol. The third-order valence-corrected chi connectivity index (χ3v) is 3.07. The number of rotatable bonds is 4. The minimum Gasteiger partial charge on any atom is -0.388 e. The lowest BCUT2D eigenvalue weighted by molar-refractivity contribution is 0.112. The van der Waals surface area contributed by atoms with Gasteiger partial charge in [-0.3, -0.25) is 4.79 Å². The molecular weight excluding hydrogens is 269 g/mol. The molecule has 0 aliphatic rings. The van der Waals surface area contributed by atoms with Gasteiger partial charge in [0.15, 0.2) is 0 Å². The molecule has 0 amide bonds. The smallest absolute Gasteiger partial charge is 0.150 e. The number of hydrogen-bond acceptors (Lipinski definition) is 2. The van der Waals surface area contributed by atoms with E-state index in [1.165, 1.54) is 5.56 Å². The number of carbonyl (C=O) groups is 1. The van der Waals surface area contributed by atoms with Gasteiger partial charge < -0.3 is 5.32 Å². The molecule has 0 aliphatic heterocycles. The molecule has 0 unspecified atom stereocenters. The van der Waals surface area contributed by atoms with E-state index in [0.29, 0.717) is 5.47 Å². The maximum Gasteiger partial charge on any atom is 0.150 e. The van der Waals surface area contributed by atoms with Gasteiger partial charge in [-0.15, -0.1) is 0 Å². The molecule has 1 N–H and O–H groups in total. The number of likely N-dealkylation sites (N-methyl/N-ethyl adjacent to an activating group) is 1. The lowest BCUT2D eigenvalue weighted by atomic mass is 9.87. The molecule has 116 valence electrons. The van der Waals surface area contributed by atoms with Crippen LogP contribution < -0.4 is 5.32 Å². The van der Waals surface area contributed by atoms with Gasteiger partial charge in [0.1, 0.15) is 14.1 Å². The molecule has 0 heterocycles. The van der Waals surface area contributed by atoms with E-state index in [-0.39, 0.29) is 5.41 Å². The van der Waals surface area contributed by atoms with E-state index in [0.717, 1.165) is 17.5 Å². The second-order valence-electron chi connectivity index (χ2n) is 5.83. The van der Waals surface area contributed by atoms with Crippen LogP contribution in [0.15, 0.2) is 60.2 Å². The van der Waals surface area contributed by atoms with Gasteiger partial charge in [0.05, 0.1) is 0 Å². The number of benzene rings is 1. The first-order chi connectivity index (χ1) is 10.3. The fourth-order valence-electron chi connectivity index (χ4n) is 1.60. The molecule has 0 saturated heterocycles. The second-order valence-corrected chi connectivity index (χ2v) is 5.83. The Morgan fingerprint density at radius 2 is 1.77 bits per heavy atom. The predicted octanol–water partition coefficient (Wildman–Crippen LogP) is 4.14. The van der Waals surface area contributed by atoms with Crippen molar-refractivity contribution < 1.29 is 4.79 Å². The molecule has 1 aromatic rings. The summed E-state index contributed by atoms with van der Waals surface area (Å²) in [4.78, 5) is 10.4. The van der Waals surface area contributed by atoms with Crippen LogP contribution in [0.2, 0.25) is 0 Å². The van der Waals surface area contributed by atoms with Crippen LogP contribution >= 0.6 is 0 Å². The summed E-state index contributed by atoms with van der Waals surface area (Å²) in [5.74, 6) is 0. The van der Waals surface area contributed by atoms with Gasteiger partial charge in [0.2, 0.25) is 0 Å². The molecule has 0 bridgehead atoms. The second kappa shape index (κ2) is 9.83. The Balaban J connectivity index is 0.000000409. The van der Waals surface area contributed by atoms with E-state index in [1.807, 2.05) is 50.4 Å². The van der Waals surface area contributed by atoms with Crippen molar-refractivity contribution in [2.24, 2.45) is 0 Å². The van der Waals surface area contributed by atoms with Crippen molar-refractivity contribution in [2.75, 3.05) is 7.05 Å². The standard InChI is InChI=1S/C11H14O.C8H12BN/c1-11(2,3)10-6-4-9(8-12)5-7-10;1-4-7(9)6-8(5-2)10-3/h4-8H,1-3H3;4-6,10H,1H2,2-3H3/b;7-6+,8-5+. The van der Waals surface area contributed by atoms with Gasteiger partial charge in [-0.1, -0.05) is 69.2 Å². The number of aldehydes is 1. The topological polar surface area (TPSA) is 29.1 Å². The third kappa shape index (κ3) is 7.68. The molecule has 0 aromatic heterocycles. The van der Waals surface area contributed by atoms with E-state index in [9.17, 15) is 4.79 Å². The van der Waals surface area contributed by atoms with E-state index < -0.39 is 0 Å². The van der Waals surface area contributed by atoms with Crippen molar-refractivity contribution in [1.82, 2.24) is 5.32 Å². The van der Waals surface area contributed by atoms with Crippen molar-refractivity contribution in [3.8, 4) is 0 Å². The summed E-state index contributed by atoms with van der Waals surface area (Å²) >= 11 is 0. The Morgan fingerprint density at radius 3 is 2.09 bits per heavy atom. The molecule has 2 radical (unpaired) electrons. The highest BCUT2D eigenvalue weighted by molar-refractivity contribution is 6.23. The van der Waals surface area contributed by atoms with Crippen molar-refractivity contribution in [2.45, 2.75) is 33.1 Å². The Bertz CT molecular complexity index is 534. The first-order valence-electron chi connectivity index (χ1n) is 7.27. The zero-order valence-corrected chi connectivity index (χ0v) is 14.3. The Morgan fingerprint density at radius 1 is 1.23 bits per heavy atom. The van der Waals surface area contributed by atoms with E-state index in [1.54, 1.807) is 6.08 Å². The third-order valence-electron chi connectivity index (χ3n) is 3.07. The van der Waals surface area contributed by atoms with Crippen LogP contribution in [0.5, 0.6) is 0 Å². The lowest BCUT2D eigenvalue weighted by Gasteiger charge is -2.18. The summed E-state index contributed by atoms with van der Waals surface area (Å²) in [5.41, 5.74) is 3.83. The highest BCUT2D eigenvalue weighted by Crippen LogP contribution is 2.21. The minimum absolute atomic E-state index is 0.168. The fourth-order valence-corrected chi connectivity index (χ4v) is 1.60. The maximum absolute atomic E-state index is 10.4. The number of hydrogen-bond donors (Lipinski definition) is 1. The van der Waals surface area contributed by atoms with Crippen molar-refractivity contribution in [3.63, 3.8) is 0 Å². The van der Waals surface area contributed by atoms with Crippen LogP contribution in [-0.2, 0) is 5.41 Å². The van der Waals surface area contributed by atoms with E-state index in [4.69, 9.17) is 7.85 Å². The summed E-state index contributed by atoms with van der Waals surface area (Å²) in [7, 11) is 7.34. The number of nitrogens with one attached hydrogen (secondary N) is 1. The van der Waals surface area contributed by atoms with Gasteiger partial charge >= 0.3 is 0 Å². The van der Waals surface area contributed by atoms with Gasteiger partial charge in [0, 0.05) is 18.3 Å². The van der Waals surface area contributed by atoms with Crippen molar-refractivity contribution in [1.29, 1.82) is 0 Å². The average molecular weight is 295 g/mol. The molecule has 3 heteroatoms. The van der Waals surface area contributed by atoms with Gasteiger partial charge in [-0.2, -0.15) is 0 Å². The first-order valence-corrected chi connectivity index (χ1v) is 7.27. The van der Waals surface area contributed by atoms with Crippen LogP contribution in [0.3, 0.4) is 0 Å². The molecule has 0 aliphatic carbocycles. The van der Waals surface area contributed by atoms with Crippen LogP contribution in [0, 0.1) is 0 Å². The lowest BCUT2D eigenvalue weighted by Crippen LogP contribution is -2.10. The highest BCUT2D eigenvalue weighted by Gasteiger charge is 2.12. The first kappa shape index (κ1) is 20.0. The zero-order valence-electron chi connectivity index (χ0n) is 14.3. The monoisotopic (exact) mass is 295 g/mol. The van der Waals surface area contributed by atoms with Crippen LogP contribution in [0.25, 0.3) is 0 Å². The average Bonchev–Trinajstić information content (AvgIpc) is 2.52. The molecule has 2 nitrogen and oxygen atoms in total. The molecule has 0 fully saturated rings. The summed E-state index contributed by atoms with van der Waals surface area (Å²) in [5, 5.41) is 2.97. The molecule has 0 atom stereocenters. The summed E-state index contributed by atoms with van der Waals surface area (Å²) in [6.45, 7) is 11.9. The number of allylic oxidation sites excluding steroid dienone is 4. The quantitative estimate of drug-likeness (QED) is 0.514. The van der Waals surface area contributed by atoms with E-state index in [2.05, 4.69) is 32.7 Å². The molecule has 0 spiro atoms. The minimum atomic E-state index is 0.168. The molecule has 0 saturated carbocycles. The fraction of sp³-hybridized carbons (Fsp3) is 0.316. The zero-order chi connectivity index (χ0) is 17.2. The largest absolute Gasteiger partial charge is 0.388 e.